The fraction of sp³-hybridized carbons (Fsp3) is 0.385. The Morgan fingerprint density at radius 3 is 2.24 bits per heavy atom. The van der Waals surface area contributed by atoms with Crippen LogP contribution in [0.3, 0.4) is 0 Å². The molecule has 0 saturated carbocycles. The lowest BCUT2D eigenvalue weighted by molar-refractivity contribution is -0.100. The number of isocyanates is 1. The Morgan fingerprint density at radius 1 is 1.24 bits per heavy atom. The van der Waals surface area contributed by atoms with Crippen LogP contribution < -0.4 is 0 Å². The van der Waals surface area contributed by atoms with Gasteiger partial charge in [-0.3, -0.25) is 0 Å². The molecule has 4 heteroatoms. The van der Waals surface area contributed by atoms with Crippen molar-refractivity contribution in [3.05, 3.63) is 35.9 Å². The first kappa shape index (κ1) is 13.1. The monoisotopic (exact) mass is 230 g/mol. The third-order valence-corrected chi connectivity index (χ3v) is 1.97. The van der Waals surface area contributed by atoms with Gasteiger partial charge in [-0.15, -0.1) is 0 Å². The van der Waals surface area contributed by atoms with Gasteiger partial charge in [-0.2, -0.15) is 10.3 Å². The molecule has 0 aliphatic rings. The lowest BCUT2D eigenvalue weighted by Gasteiger charge is -2.30. The lowest BCUT2D eigenvalue weighted by Crippen LogP contribution is -2.35. The van der Waals surface area contributed by atoms with Crippen LogP contribution in [-0.4, -0.2) is 11.7 Å². The molecule has 88 valence electrons. The summed E-state index contributed by atoms with van der Waals surface area (Å²) in [6, 6.07) is 10.6. The first-order valence-corrected chi connectivity index (χ1v) is 5.19. The fourth-order valence-electron chi connectivity index (χ4n) is 1.43. The number of hydrogen-bond donors (Lipinski definition) is 0. The molecule has 1 atom stereocenters. The normalized spacial score (nSPS) is 14.2. The van der Waals surface area contributed by atoms with Crippen LogP contribution in [0.2, 0.25) is 0 Å². The van der Waals surface area contributed by atoms with Crippen LogP contribution in [-0.2, 0) is 15.3 Å². The molecule has 0 heterocycles. The lowest BCUT2D eigenvalue weighted by atomic mass is 10.0. The molecule has 0 spiro atoms. The molecular weight excluding hydrogens is 216 g/mol. The largest absolute Gasteiger partial charge is 0.332 e. The molecule has 0 aliphatic carbocycles. The molecule has 0 amide bonds. The Hall–Kier alpha value is -1.95. The van der Waals surface area contributed by atoms with E-state index in [4.69, 9.17) is 4.74 Å². The first-order chi connectivity index (χ1) is 7.93. The molecule has 4 nitrogen and oxygen atoms in total. The molecule has 1 aromatic rings. The topological polar surface area (TPSA) is 62.4 Å². The summed E-state index contributed by atoms with van der Waals surface area (Å²) >= 11 is 0. The van der Waals surface area contributed by atoms with Crippen LogP contribution >= 0.6 is 0 Å². The zero-order valence-electron chi connectivity index (χ0n) is 10.1. The highest BCUT2D eigenvalue weighted by molar-refractivity contribution is 5.40. The van der Waals surface area contributed by atoms with Crippen molar-refractivity contribution in [2.24, 2.45) is 4.99 Å². The summed E-state index contributed by atoms with van der Waals surface area (Å²) in [7, 11) is 0. The molecule has 1 rings (SSSR count). The fourth-order valence-corrected chi connectivity index (χ4v) is 1.43. The molecule has 0 radical (unpaired) electrons. The number of benzene rings is 1. The molecule has 0 N–H and O–H groups in total. The second-order valence-electron chi connectivity index (χ2n) is 4.54. The molecule has 0 saturated heterocycles. The van der Waals surface area contributed by atoms with Gasteiger partial charge < -0.3 is 4.74 Å². The number of hydrogen-bond acceptors (Lipinski definition) is 4. The average molecular weight is 230 g/mol. The smallest absolute Gasteiger partial charge is 0.286 e. The Morgan fingerprint density at radius 2 is 1.82 bits per heavy atom. The molecule has 0 fully saturated rings. The Balaban J connectivity index is 3.30. The van der Waals surface area contributed by atoms with Gasteiger partial charge in [-0.05, 0) is 20.8 Å². The molecule has 1 unspecified atom stereocenters. The molecule has 0 aliphatic heterocycles. The van der Waals surface area contributed by atoms with Gasteiger partial charge in [0.2, 0.25) is 6.08 Å². The van der Waals surface area contributed by atoms with Gasteiger partial charge in [0.15, 0.2) is 0 Å². The SMILES string of the molecule is CC(C)(C)OC(C#N)(N=C=O)c1ccccc1. The van der Waals surface area contributed by atoms with Gasteiger partial charge in [0.25, 0.3) is 5.72 Å². The summed E-state index contributed by atoms with van der Waals surface area (Å²) in [5.41, 5.74) is -1.71. The van der Waals surface area contributed by atoms with Gasteiger partial charge in [0.05, 0.1) is 5.60 Å². The zero-order valence-corrected chi connectivity index (χ0v) is 10.1. The van der Waals surface area contributed by atoms with Crippen LogP contribution in [0.25, 0.3) is 0 Å². The van der Waals surface area contributed by atoms with Gasteiger partial charge in [0.1, 0.15) is 6.07 Å². The van der Waals surface area contributed by atoms with Crippen molar-refractivity contribution in [3.63, 3.8) is 0 Å². The minimum atomic E-state index is -1.62. The van der Waals surface area contributed by atoms with E-state index in [0.29, 0.717) is 5.56 Å². The summed E-state index contributed by atoms with van der Waals surface area (Å²) in [6.07, 6.45) is 1.41. The highest BCUT2D eigenvalue weighted by Crippen LogP contribution is 2.31. The zero-order chi connectivity index (χ0) is 12.9. The number of carbonyl (C=O) groups excluding carboxylic acids is 1. The summed E-state index contributed by atoms with van der Waals surface area (Å²) in [6.45, 7) is 5.38. The van der Waals surface area contributed by atoms with E-state index in [0.717, 1.165) is 0 Å². The minimum absolute atomic E-state index is 0.515. The van der Waals surface area contributed by atoms with Crippen LogP contribution in [0.4, 0.5) is 0 Å². The highest BCUT2D eigenvalue weighted by atomic mass is 16.5. The highest BCUT2D eigenvalue weighted by Gasteiger charge is 2.37. The third kappa shape index (κ3) is 3.25. The van der Waals surface area contributed by atoms with Crippen molar-refractivity contribution < 1.29 is 9.53 Å². The quantitative estimate of drug-likeness (QED) is 0.592. The molecular formula is C13H14N2O2. The predicted octanol–water partition coefficient (Wildman–Crippen LogP) is 2.51. The van der Waals surface area contributed by atoms with Gasteiger partial charge in [0, 0.05) is 5.56 Å². The average Bonchev–Trinajstić information content (AvgIpc) is 2.28. The maximum absolute atomic E-state index is 10.5. The standard InChI is InChI=1S/C13H14N2O2/c1-12(2,3)17-13(9-14,15-10-16)11-7-5-4-6-8-11/h4-8H,1-3H3. The second kappa shape index (κ2) is 4.92. The van der Waals surface area contributed by atoms with Crippen molar-refractivity contribution in [1.29, 1.82) is 5.26 Å². The minimum Gasteiger partial charge on any atom is -0.332 e. The molecule has 0 bridgehead atoms. The van der Waals surface area contributed by atoms with Gasteiger partial charge >= 0.3 is 0 Å². The third-order valence-electron chi connectivity index (χ3n) is 1.97. The Labute approximate surface area is 101 Å². The summed E-state index contributed by atoms with van der Waals surface area (Å²) in [5, 5.41) is 9.28. The number of aliphatic imine (C=N–C) groups is 1. The van der Waals surface area contributed by atoms with Crippen LogP contribution in [0.1, 0.15) is 26.3 Å². The molecule has 0 aromatic heterocycles. The maximum Gasteiger partial charge on any atom is 0.286 e. The predicted molar refractivity (Wildman–Crippen MR) is 62.7 cm³/mol. The number of ether oxygens (including phenoxy) is 1. The first-order valence-electron chi connectivity index (χ1n) is 5.19. The van der Waals surface area contributed by atoms with Crippen molar-refractivity contribution in [2.45, 2.75) is 32.1 Å². The van der Waals surface area contributed by atoms with E-state index in [1.165, 1.54) is 6.08 Å². The van der Waals surface area contributed by atoms with Crippen molar-refractivity contribution in [3.8, 4) is 6.07 Å². The van der Waals surface area contributed by atoms with Gasteiger partial charge in [-0.1, -0.05) is 30.3 Å². The number of rotatable bonds is 3. The Bertz CT molecular complexity index is 464. The van der Waals surface area contributed by atoms with E-state index in [9.17, 15) is 10.1 Å². The van der Waals surface area contributed by atoms with E-state index in [-0.39, 0.29) is 0 Å². The second-order valence-corrected chi connectivity index (χ2v) is 4.54. The summed E-state index contributed by atoms with van der Waals surface area (Å²) in [5.74, 6) is 0. The van der Waals surface area contributed by atoms with E-state index in [1.54, 1.807) is 45.0 Å². The van der Waals surface area contributed by atoms with E-state index >= 15 is 0 Å². The van der Waals surface area contributed by atoms with Crippen LogP contribution in [0.15, 0.2) is 35.3 Å². The van der Waals surface area contributed by atoms with Crippen molar-refractivity contribution in [1.82, 2.24) is 0 Å². The molecule has 17 heavy (non-hydrogen) atoms. The van der Waals surface area contributed by atoms with Crippen molar-refractivity contribution >= 4 is 6.08 Å². The van der Waals surface area contributed by atoms with E-state index in [2.05, 4.69) is 4.99 Å². The van der Waals surface area contributed by atoms with Gasteiger partial charge in [-0.25, -0.2) is 4.79 Å². The number of nitriles is 1. The number of nitrogens with zero attached hydrogens (tertiary/aromatic N) is 2. The van der Waals surface area contributed by atoms with E-state index in [1.807, 2.05) is 12.1 Å². The summed E-state index contributed by atoms with van der Waals surface area (Å²) < 4.78 is 5.61. The maximum atomic E-state index is 10.5. The van der Waals surface area contributed by atoms with Crippen LogP contribution in [0.5, 0.6) is 0 Å². The summed E-state index contributed by atoms with van der Waals surface area (Å²) in [4.78, 5) is 14.1. The Kier molecular flexibility index (Phi) is 3.80. The molecule has 1 aromatic carbocycles. The van der Waals surface area contributed by atoms with Crippen LogP contribution in [0, 0.1) is 11.3 Å². The van der Waals surface area contributed by atoms with E-state index < -0.39 is 11.3 Å². The van der Waals surface area contributed by atoms with Crippen molar-refractivity contribution in [2.75, 3.05) is 0 Å².